The second-order valence-electron chi connectivity index (χ2n) is 0.738. The quantitative estimate of drug-likeness (QED) is 0.293. The van der Waals surface area contributed by atoms with Gasteiger partial charge in [0.2, 0.25) is 0 Å². The largest absolute Gasteiger partial charge is 0.237 e. The van der Waals surface area contributed by atoms with E-state index in [2.05, 4.69) is 9.78 Å². The molecule has 0 aliphatic heterocycles. The zero-order chi connectivity index (χ0) is 4.83. The molecule has 0 rings (SSSR count). The molecule has 2 nitrogen and oxygen atoms in total. The van der Waals surface area contributed by atoms with E-state index in [4.69, 9.17) is 0 Å². The molecule has 0 fully saturated rings. The highest BCUT2D eigenvalue weighted by Crippen LogP contribution is 1.77. The van der Waals surface area contributed by atoms with Crippen LogP contribution in [0.4, 0.5) is 0 Å². The third-order valence-electron chi connectivity index (χ3n) is 0.282. The Hall–Kier alpha value is -0.0800. The summed E-state index contributed by atoms with van der Waals surface area (Å²) >= 11 is 0. The van der Waals surface area contributed by atoms with Gasteiger partial charge in [0.25, 0.3) is 0 Å². The number of rotatable bonds is 3. The minimum atomic E-state index is 0.602. The molecule has 1 radical (unpaired) electrons. The van der Waals surface area contributed by atoms with Crippen LogP contribution in [0.5, 0.6) is 0 Å². The van der Waals surface area contributed by atoms with E-state index in [0.29, 0.717) is 6.61 Å². The van der Waals surface area contributed by atoms with E-state index in [1.54, 1.807) is 6.92 Å². The van der Waals surface area contributed by atoms with Gasteiger partial charge in [0, 0.05) is 0 Å². The Bertz CT molecular complexity index is 17.5. The van der Waals surface area contributed by atoms with Crippen molar-refractivity contribution in [3.63, 3.8) is 0 Å². The molecule has 0 N–H and O–H groups in total. The Labute approximate surface area is 38.0 Å². The first-order chi connectivity index (χ1) is 2.91. The summed E-state index contributed by atoms with van der Waals surface area (Å²) in [6, 6.07) is 0. The highest BCUT2D eigenvalue weighted by molar-refractivity contribution is 4.21. The molecule has 0 aliphatic carbocycles. The summed E-state index contributed by atoms with van der Waals surface area (Å²) in [6.07, 6.45) is 0. The monoisotopic (exact) mass is 89.1 g/mol. The van der Waals surface area contributed by atoms with Gasteiger partial charge in [0.15, 0.2) is 0 Å². The zero-order valence-electron chi connectivity index (χ0n) is 4.10. The van der Waals surface area contributed by atoms with Gasteiger partial charge in [-0.3, -0.25) is 0 Å². The molecule has 0 spiro atoms. The first-order valence-corrected chi connectivity index (χ1v) is 1.98. The molecular weight excluding hydrogens is 80.0 g/mol. The van der Waals surface area contributed by atoms with Crippen molar-refractivity contribution >= 4 is 0 Å². The van der Waals surface area contributed by atoms with E-state index in [0.717, 1.165) is 0 Å². The van der Waals surface area contributed by atoms with Gasteiger partial charge in [-0.2, -0.15) is 0 Å². The van der Waals surface area contributed by atoms with Crippen molar-refractivity contribution in [2.24, 2.45) is 0 Å². The fourth-order valence-corrected chi connectivity index (χ4v) is 0.136. The minimum absolute atomic E-state index is 0.602. The lowest BCUT2D eigenvalue weighted by Crippen LogP contribution is -1.85. The lowest BCUT2D eigenvalue weighted by atomic mass is 10.9. The van der Waals surface area contributed by atoms with Crippen LogP contribution in [0.2, 0.25) is 0 Å². The van der Waals surface area contributed by atoms with Crippen LogP contribution in [-0.4, -0.2) is 6.61 Å². The van der Waals surface area contributed by atoms with Crippen molar-refractivity contribution in [1.29, 1.82) is 0 Å². The fourth-order valence-electron chi connectivity index (χ4n) is 0.136. The van der Waals surface area contributed by atoms with Crippen molar-refractivity contribution in [2.45, 2.75) is 13.8 Å². The van der Waals surface area contributed by atoms with E-state index in [1.807, 2.05) is 6.92 Å². The average molecular weight is 89.1 g/mol. The van der Waals surface area contributed by atoms with E-state index in [9.17, 15) is 0 Å². The van der Waals surface area contributed by atoms with Gasteiger partial charge in [0.1, 0.15) is 6.61 Å². The average Bonchev–Trinajstić information content (AvgIpc) is 1.61. The summed E-state index contributed by atoms with van der Waals surface area (Å²) in [4.78, 5) is 8.78. The summed E-state index contributed by atoms with van der Waals surface area (Å²) < 4.78 is 0. The van der Waals surface area contributed by atoms with Crippen molar-refractivity contribution in [1.82, 2.24) is 0 Å². The van der Waals surface area contributed by atoms with Crippen LogP contribution in [0.15, 0.2) is 0 Å². The van der Waals surface area contributed by atoms with Crippen LogP contribution in [0.1, 0.15) is 13.8 Å². The Morgan fingerprint density at radius 2 is 2.33 bits per heavy atom. The molecule has 6 heavy (non-hydrogen) atoms. The molecule has 0 unspecified atom stereocenters. The van der Waals surface area contributed by atoms with E-state index in [-0.39, 0.29) is 0 Å². The van der Waals surface area contributed by atoms with Gasteiger partial charge >= 0.3 is 0 Å². The Balaban J connectivity index is 2.34. The standard InChI is InChI=1S/C4H9O2/c1-3-5-6-4-2/h3H,4H2,1-2H3. The van der Waals surface area contributed by atoms with Crippen molar-refractivity contribution in [3.8, 4) is 0 Å². The molecule has 0 saturated heterocycles. The highest BCUT2D eigenvalue weighted by atomic mass is 17.2. The van der Waals surface area contributed by atoms with Crippen LogP contribution in [0.3, 0.4) is 0 Å². The third kappa shape index (κ3) is 3.92. The van der Waals surface area contributed by atoms with Crippen LogP contribution in [0, 0.1) is 6.61 Å². The molecule has 0 aromatic heterocycles. The third-order valence-corrected chi connectivity index (χ3v) is 0.282. The molecule has 0 aromatic carbocycles. The second kappa shape index (κ2) is 4.92. The molecule has 0 saturated carbocycles. The lowest BCUT2D eigenvalue weighted by Gasteiger charge is -1.91. The molecule has 37 valence electrons. The Morgan fingerprint density at radius 3 is 2.50 bits per heavy atom. The first-order valence-electron chi connectivity index (χ1n) is 1.98. The van der Waals surface area contributed by atoms with Gasteiger partial charge in [-0.05, 0) is 13.8 Å². The molecule has 0 aliphatic rings. The zero-order valence-corrected chi connectivity index (χ0v) is 4.10. The molecule has 0 amide bonds. The van der Waals surface area contributed by atoms with Gasteiger partial charge in [-0.25, -0.2) is 9.78 Å². The van der Waals surface area contributed by atoms with Crippen molar-refractivity contribution in [2.75, 3.05) is 6.61 Å². The molecular formula is C4H9O2. The maximum absolute atomic E-state index is 4.43. The van der Waals surface area contributed by atoms with Crippen LogP contribution < -0.4 is 0 Å². The predicted octanol–water partition coefficient (Wildman–Crippen LogP) is 1.14. The predicted molar refractivity (Wildman–Crippen MR) is 22.7 cm³/mol. The maximum Gasteiger partial charge on any atom is 0.119 e. The second-order valence-corrected chi connectivity index (χ2v) is 0.738. The number of hydrogen-bond donors (Lipinski definition) is 0. The SMILES string of the molecule is C[CH]OOCC. The number of hydrogen-bond acceptors (Lipinski definition) is 2. The van der Waals surface area contributed by atoms with Crippen molar-refractivity contribution < 1.29 is 9.78 Å². The molecule has 0 atom stereocenters. The molecule has 0 bridgehead atoms. The van der Waals surface area contributed by atoms with Crippen molar-refractivity contribution in [3.05, 3.63) is 6.61 Å². The normalized spacial score (nSPS) is 9.00. The topological polar surface area (TPSA) is 18.5 Å². The molecule has 0 heterocycles. The molecule has 2 heteroatoms. The fraction of sp³-hybridized carbons (Fsp3) is 0.750. The Kier molecular flexibility index (Phi) is 4.85. The smallest absolute Gasteiger partial charge is 0.119 e. The van der Waals surface area contributed by atoms with Crippen LogP contribution in [0.25, 0.3) is 0 Å². The van der Waals surface area contributed by atoms with Gasteiger partial charge < -0.3 is 0 Å². The minimum Gasteiger partial charge on any atom is -0.237 e. The van der Waals surface area contributed by atoms with E-state index in [1.165, 1.54) is 6.61 Å². The summed E-state index contributed by atoms with van der Waals surface area (Å²) in [6.45, 7) is 5.72. The summed E-state index contributed by atoms with van der Waals surface area (Å²) in [5.41, 5.74) is 0. The summed E-state index contributed by atoms with van der Waals surface area (Å²) in [5.74, 6) is 0. The van der Waals surface area contributed by atoms with E-state index < -0.39 is 0 Å². The van der Waals surface area contributed by atoms with Crippen LogP contribution in [-0.2, 0) is 9.78 Å². The van der Waals surface area contributed by atoms with E-state index >= 15 is 0 Å². The van der Waals surface area contributed by atoms with Gasteiger partial charge in [-0.1, -0.05) is 0 Å². The Morgan fingerprint density at radius 1 is 1.67 bits per heavy atom. The molecule has 0 aromatic rings. The van der Waals surface area contributed by atoms with Gasteiger partial charge in [-0.15, -0.1) is 0 Å². The van der Waals surface area contributed by atoms with Crippen LogP contribution >= 0.6 is 0 Å². The van der Waals surface area contributed by atoms with Gasteiger partial charge in [0.05, 0.1) is 6.61 Å². The summed E-state index contributed by atoms with van der Waals surface area (Å²) in [5, 5.41) is 0. The highest BCUT2D eigenvalue weighted by Gasteiger charge is 1.72. The first kappa shape index (κ1) is 5.92. The lowest BCUT2D eigenvalue weighted by molar-refractivity contribution is -0.262. The summed E-state index contributed by atoms with van der Waals surface area (Å²) in [7, 11) is 0. The maximum atomic E-state index is 4.43.